The van der Waals surface area contributed by atoms with Gasteiger partial charge in [0.1, 0.15) is 24.3 Å². The first kappa shape index (κ1) is 24.5. The van der Waals surface area contributed by atoms with Crippen LogP contribution in [0.2, 0.25) is 0 Å². The SMILES string of the molecule is COC(=O)C1(OC)CC=C(c2nc(OCc3ccc(OC)cc3)c3cnn(CC(F)F)c3n2)CC1. The van der Waals surface area contributed by atoms with Gasteiger partial charge >= 0.3 is 5.97 Å². The number of hydrogen-bond donors (Lipinski definition) is 0. The molecule has 0 spiro atoms. The van der Waals surface area contributed by atoms with Gasteiger partial charge in [0.25, 0.3) is 6.43 Å². The first-order valence-corrected chi connectivity index (χ1v) is 11.0. The van der Waals surface area contributed by atoms with Gasteiger partial charge in [-0.1, -0.05) is 18.2 Å². The third-order valence-corrected chi connectivity index (χ3v) is 6.02. The van der Waals surface area contributed by atoms with E-state index in [1.807, 2.05) is 30.3 Å². The van der Waals surface area contributed by atoms with Gasteiger partial charge in [-0.15, -0.1) is 0 Å². The van der Waals surface area contributed by atoms with Crippen LogP contribution in [0.3, 0.4) is 0 Å². The van der Waals surface area contributed by atoms with Crippen LogP contribution >= 0.6 is 0 Å². The monoisotopic (exact) mass is 488 g/mol. The Bertz CT molecular complexity index is 1230. The summed E-state index contributed by atoms with van der Waals surface area (Å²) in [5.74, 6) is 0.828. The van der Waals surface area contributed by atoms with E-state index < -0.39 is 24.5 Å². The zero-order valence-electron chi connectivity index (χ0n) is 19.7. The van der Waals surface area contributed by atoms with E-state index in [1.54, 1.807) is 7.11 Å². The molecule has 0 saturated carbocycles. The molecule has 1 aliphatic carbocycles. The number of fused-ring (bicyclic) bond motifs is 1. The zero-order valence-corrected chi connectivity index (χ0v) is 19.7. The number of hydrogen-bond acceptors (Lipinski definition) is 8. The van der Waals surface area contributed by atoms with Crippen molar-refractivity contribution in [3.8, 4) is 11.6 Å². The van der Waals surface area contributed by atoms with Gasteiger partial charge in [0.15, 0.2) is 17.1 Å². The number of carbonyl (C=O) groups excluding carboxylic acids is 1. The normalized spacial score (nSPS) is 17.9. The molecule has 0 amide bonds. The highest BCUT2D eigenvalue weighted by Gasteiger charge is 2.41. The van der Waals surface area contributed by atoms with Crippen LogP contribution < -0.4 is 9.47 Å². The molecule has 186 valence electrons. The molecule has 1 unspecified atom stereocenters. The Morgan fingerprint density at radius 1 is 1.17 bits per heavy atom. The van der Waals surface area contributed by atoms with Crippen LogP contribution in [0, 0.1) is 0 Å². The Morgan fingerprint density at radius 2 is 1.94 bits per heavy atom. The first-order chi connectivity index (χ1) is 16.9. The number of benzene rings is 1. The molecule has 0 radical (unpaired) electrons. The Hall–Kier alpha value is -3.60. The molecule has 0 N–H and O–H groups in total. The molecule has 0 aliphatic heterocycles. The fourth-order valence-corrected chi connectivity index (χ4v) is 3.99. The number of halogens is 2. The number of ether oxygens (including phenoxy) is 4. The molecule has 1 aliphatic rings. The summed E-state index contributed by atoms with van der Waals surface area (Å²) in [6, 6.07) is 7.35. The van der Waals surface area contributed by atoms with Crippen molar-refractivity contribution in [1.29, 1.82) is 0 Å². The van der Waals surface area contributed by atoms with Crippen molar-refractivity contribution >= 4 is 22.6 Å². The van der Waals surface area contributed by atoms with Crippen molar-refractivity contribution in [2.75, 3.05) is 21.3 Å². The number of aromatic nitrogens is 4. The van der Waals surface area contributed by atoms with Crippen LogP contribution in [0.25, 0.3) is 16.6 Å². The number of rotatable bonds is 9. The highest BCUT2D eigenvalue weighted by Crippen LogP contribution is 2.36. The van der Waals surface area contributed by atoms with Crippen LogP contribution in [0.15, 0.2) is 36.5 Å². The van der Waals surface area contributed by atoms with Crippen LogP contribution in [0.5, 0.6) is 11.6 Å². The molecule has 0 saturated heterocycles. The van der Waals surface area contributed by atoms with Crippen LogP contribution in [0.4, 0.5) is 8.78 Å². The van der Waals surface area contributed by atoms with E-state index in [1.165, 1.54) is 20.4 Å². The van der Waals surface area contributed by atoms with Crippen LogP contribution in [0.1, 0.15) is 30.7 Å². The fraction of sp³-hybridized carbons (Fsp3) is 0.417. The summed E-state index contributed by atoms with van der Waals surface area (Å²) in [5.41, 5.74) is 0.798. The average molecular weight is 488 g/mol. The average Bonchev–Trinajstić information content (AvgIpc) is 3.29. The molecule has 9 nitrogen and oxygen atoms in total. The second-order valence-electron chi connectivity index (χ2n) is 8.07. The van der Waals surface area contributed by atoms with Gasteiger partial charge < -0.3 is 18.9 Å². The molecule has 2 aromatic heterocycles. The Labute approximate surface area is 200 Å². The number of alkyl halides is 2. The topological polar surface area (TPSA) is 97.6 Å². The second-order valence-corrected chi connectivity index (χ2v) is 8.07. The lowest BCUT2D eigenvalue weighted by atomic mass is 9.85. The predicted octanol–water partition coefficient (Wildman–Crippen LogP) is 3.80. The second kappa shape index (κ2) is 10.3. The van der Waals surface area contributed by atoms with Crippen molar-refractivity contribution in [2.24, 2.45) is 0 Å². The van der Waals surface area contributed by atoms with E-state index >= 15 is 0 Å². The Morgan fingerprint density at radius 3 is 2.54 bits per heavy atom. The summed E-state index contributed by atoms with van der Waals surface area (Å²) < 4.78 is 48.9. The van der Waals surface area contributed by atoms with Crippen molar-refractivity contribution in [1.82, 2.24) is 19.7 Å². The van der Waals surface area contributed by atoms with Gasteiger partial charge in [0, 0.05) is 13.5 Å². The lowest BCUT2D eigenvalue weighted by Gasteiger charge is -2.32. The summed E-state index contributed by atoms with van der Waals surface area (Å²) in [7, 11) is 4.37. The maximum atomic E-state index is 13.1. The number of nitrogens with zero attached hydrogens (tertiary/aromatic N) is 4. The van der Waals surface area contributed by atoms with E-state index in [0.29, 0.717) is 24.1 Å². The molecule has 0 fully saturated rings. The Kier molecular flexibility index (Phi) is 7.25. The van der Waals surface area contributed by atoms with Crippen molar-refractivity contribution in [3.05, 3.63) is 47.9 Å². The maximum absolute atomic E-state index is 13.1. The van der Waals surface area contributed by atoms with E-state index in [4.69, 9.17) is 18.9 Å². The van der Waals surface area contributed by atoms with Gasteiger partial charge in [-0.3, -0.25) is 0 Å². The van der Waals surface area contributed by atoms with Crippen molar-refractivity contribution in [3.63, 3.8) is 0 Å². The molecular formula is C24H26F2N4O5. The number of esters is 1. The standard InChI is InChI=1S/C24H26F2N4O5/c1-32-17-6-4-15(5-7-17)14-35-22-18-12-27-30(13-19(25)26)21(18)28-20(29-22)16-8-10-24(34-3,11-9-16)23(31)33-2/h4-8,12,19H,9-11,13-14H2,1-3H3. The summed E-state index contributed by atoms with van der Waals surface area (Å²) in [4.78, 5) is 21.3. The minimum atomic E-state index is -2.60. The molecular weight excluding hydrogens is 462 g/mol. The van der Waals surface area contributed by atoms with E-state index in [2.05, 4.69) is 15.1 Å². The number of allylic oxidation sites excluding steroid dienone is 1. The molecule has 0 bridgehead atoms. The van der Waals surface area contributed by atoms with Gasteiger partial charge in [0.2, 0.25) is 5.88 Å². The quantitative estimate of drug-likeness (QED) is 0.420. The molecule has 2 heterocycles. The molecule has 1 atom stereocenters. The van der Waals surface area contributed by atoms with Crippen LogP contribution in [-0.4, -0.2) is 59.1 Å². The molecule has 35 heavy (non-hydrogen) atoms. The van der Waals surface area contributed by atoms with Crippen LogP contribution in [-0.2, 0) is 27.4 Å². The van der Waals surface area contributed by atoms with Gasteiger partial charge in [-0.25, -0.2) is 23.2 Å². The summed E-state index contributed by atoms with van der Waals surface area (Å²) in [5, 5.41) is 4.50. The van der Waals surface area contributed by atoms with Gasteiger partial charge in [0.05, 0.1) is 20.4 Å². The summed E-state index contributed by atoms with van der Waals surface area (Å²) >= 11 is 0. The summed E-state index contributed by atoms with van der Waals surface area (Å²) in [6.07, 6.45) is 1.69. The summed E-state index contributed by atoms with van der Waals surface area (Å²) in [6.45, 7) is -0.407. The van der Waals surface area contributed by atoms with Gasteiger partial charge in [-0.05, 0) is 36.1 Å². The van der Waals surface area contributed by atoms with Crippen molar-refractivity contribution < 1.29 is 32.5 Å². The third kappa shape index (κ3) is 5.09. The molecule has 4 rings (SSSR count). The molecule has 3 aromatic rings. The Balaban J connectivity index is 1.68. The lowest BCUT2D eigenvalue weighted by molar-refractivity contribution is -0.166. The minimum absolute atomic E-state index is 0.198. The predicted molar refractivity (Wildman–Crippen MR) is 122 cm³/mol. The van der Waals surface area contributed by atoms with E-state index in [0.717, 1.165) is 21.6 Å². The first-order valence-electron chi connectivity index (χ1n) is 11.0. The third-order valence-electron chi connectivity index (χ3n) is 6.02. The minimum Gasteiger partial charge on any atom is -0.497 e. The van der Waals surface area contributed by atoms with Crippen molar-refractivity contribution in [2.45, 2.75) is 44.4 Å². The largest absolute Gasteiger partial charge is 0.497 e. The number of carbonyl (C=O) groups is 1. The smallest absolute Gasteiger partial charge is 0.338 e. The fourth-order valence-electron chi connectivity index (χ4n) is 3.99. The number of methoxy groups -OCH3 is 3. The van der Waals surface area contributed by atoms with E-state index in [9.17, 15) is 13.6 Å². The van der Waals surface area contributed by atoms with Gasteiger partial charge in [-0.2, -0.15) is 10.1 Å². The van der Waals surface area contributed by atoms with E-state index in [-0.39, 0.29) is 24.6 Å². The highest BCUT2D eigenvalue weighted by atomic mass is 19.3. The molecule has 1 aromatic carbocycles. The maximum Gasteiger partial charge on any atom is 0.338 e. The zero-order chi connectivity index (χ0) is 25.0. The molecule has 11 heteroatoms. The highest BCUT2D eigenvalue weighted by molar-refractivity contribution is 5.84. The lowest BCUT2D eigenvalue weighted by Crippen LogP contribution is -2.42.